The van der Waals surface area contributed by atoms with Crippen LogP contribution in [0.4, 0.5) is 0 Å². The number of methoxy groups -OCH3 is 1. The second kappa shape index (κ2) is 48.7. The quantitative estimate of drug-likeness (QED) is 0.0187. The fourth-order valence-electron chi connectivity index (χ4n) is 19.6. The molecule has 11 heterocycles. The van der Waals surface area contributed by atoms with Gasteiger partial charge >= 0.3 is 13.9 Å². The van der Waals surface area contributed by atoms with Crippen LogP contribution in [-0.4, -0.2) is 290 Å². The Kier molecular flexibility index (Phi) is 36.2. The molecule has 0 spiro atoms. The van der Waals surface area contributed by atoms with Crippen LogP contribution in [-0.2, 0) is 68.6 Å². The number of halogens is 2. The van der Waals surface area contributed by atoms with Crippen LogP contribution in [0.1, 0.15) is 186 Å². The summed E-state index contributed by atoms with van der Waals surface area (Å²) in [6.45, 7) is 8.30. The molecule has 17 bridgehead atoms. The molecule has 7 aromatic rings. The summed E-state index contributed by atoms with van der Waals surface area (Å²) < 4.78 is 66.1. The van der Waals surface area contributed by atoms with E-state index in [2.05, 4.69) is 75.7 Å². The Morgan fingerprint density at radius 2 is 1.17 bits per heavy atom. The number of esters is 1. The maximum absolute atomic E-state index is 17.4. The number of carboxylic acid groups (broad SMARTS) is 1. The molecule has 19 N–H and O–H groups in total. The lowest BCUT2D eigenvalue weighted by Gasteiger charge is -2.41. The number of unbranched alkanes of at least 4 members (excludes halogenated alkanes) is 4. The van der Waals surface area contributed by atoms with Crippen molar-refractivity contribution in [1.82, 2.24) is 66.8 Å². The van der Waals surface area contributed by atoms with Crippen LogP contribution in [0.25, 0.3) is 11.1 Å². The van der Waals surface area contributed by atoms with Crippen molar-refractivity contribution in [2.24, 2.45) is 5.92 Å². The monoisotopic (exact) mass is 2110 g/mol. The van der Waals surface area contributed by atoms with E-state index in [0.29, 0.717) is 76.6 Å². The van der Waals surface area contributed by atoms with Gasteiger partial charge in [-0.15, -0.1) is 14.0 Å². The van der Waals surface area contributed by atoms with E-state index in [1.54, 1.807) is 14.1 Å². The number of aliphatic carboxylic acids is 1. The van der Waals surface area contributed by atoms with Crippen LogP contribution in [0.15, 0.2) is 115 Å². The number of amides is 8. The third-order valence-corrected chi connectivity index (χ3v) is 31.8. The number of rotatable bonds is 26. The minimum atomic E-state index is -3.21. The highest BCUT2D eigenvalue weighted by atomic mass is 35.5. The number of ether oxygens (including phenoxy) is 8. The standard InChI is InChI=1S/C100H122Cl2N13O28P.C2H4O2/c1-50(2)19-10-8-7-9-11-20-73(120)106-82-85(123)87(125)90(98(134)135-6)142-99(82)141-89-70-43-55-44-71(89)138-66-30-25-54(41-62(66)101)83(121)81-97(133)110-79(92(128)104-31-18-32-112(4)5)60-45-56(117)46-68(139-100-88(126)86(124)84(122)72(49-116)140-100)74(60)59-40-52(23-28-64(59)118)77(94(130)111-81)107-95(131)78(55)108-96(132)80-61-47-58(48-69(75(61)102)143-144(113-33-12-13-34-113,114-35-14-15-36-114)115-37-16-17-38-115)137-67-42-53(24-29-65(67)119)76(103-3)93(129)105-63(91(127)109-80)39-51-21-26-57(136-70)27-22-51;1-2(3)4/h21-30,40-48,50,63,72,76-88,90,99-100,103,116,121-126H,7-20,31-39,49H2,1-6H3,(H10-,104,105,106,107,108,109,110,111,117,118,119,120,127,128,129,130,131,132,133);1H3,(H,3,4)/t63-,72-,76+,77-,78-,79-,80+,81+,82-,83-,84-,85-,86+,87+,88+,90+,99-,100+;/m1./s1. The predicted octanol–water partition coefficient (Wildman–Crippen LogP) is 5.26. The average Bonchev–Trinajstić information content (AvgIpc) is 1.51. The SMILES string of the molecule is CC(=O)[O-].CN[C@@H]1C(=O)N[C@@H]2Cc3ccc(cc3)Oc3cc4cc(c3O[C@@H]3O[C@H](C(=O)OC)[C@@H](O)[C@H](O)[C@H]3NC(=O)CCCCCCCC(C)C)Oc3ccc(cc3Cl)[C@@H](O)[C@@H]3NC(=O)[C@H](NC(=O)[C@@H]4NC(=O)[C@@H](NC2=O)c2cc(cc(O[P+](N4CCCC4)(N4CCCC4)N4CCCC4)c2Cl)Oc2cc1ccc2O)c1ccc(O)c(c1)-c1c(O[C@H]2O[C@H](CO)[C@@H](O)[C@H](O)[C@@H]2O)cc(O)cc1[C@H](C(=O)NCCCN(C)C)NC3=O. The maximum atomic E-state index is 17.4. The van der Waals surface area contributed by atoms with Gasteiger partial charge in [-0.25, -0.2) is 4.79 Å². The van der Waals surface area contributed by atoms with Crippen molar-refractivity contribution in [3.63, 3.8) is 0 Å². The van der Waals surface area contributed by atoms with Crippen LogP contribution in [0.5, 0.6) is 69.0 Å². The number of phenols is 3. The number of benzene rings is 7. The maximum Gasteiger partial charge on any atom is 0.417 e. The van der Waals surface area contributed by atoms with Crippen LogP contribution in [0.3, 0.4) is 0 Å². The van der Waals surface area contributed by atoms with Crippen molar-refractivity contribution < 1.29 is 147 Å². The van der Waals surface area contributed by atoms with Crippen molar-refractivity contribution in [3.8, 4) is 80.1 Å². The molecule has 46 heteroatoms. The van der Waals surface area contributed by atoms with Crippen LogP contribution in [0.2, 0.25) is 10.0 Å². The average molecular weight is 2120 g/mol. The van der Waals surface area contributed by atoms with Gasteiger partial charge in [0.2, 0.25) is 71.3 Å². The first kappa shape index (κ1) is 110. The largest absolute Gasteiger partial charge is 0.550 e. The van der Waals surface area contributed by atoms with E-state index in [4.69, 9.17) is 75.5 Å². The summed E-state index contributed by atoms with van der Waals surface area (Å²) in [4.78, 5) is 154. The number of nitrogens with zero attached hydrogens (tertiary/aromatic N) is 4. The molecule has 0 aliphatic carbocycles. The van der Waals surface area contributed by atoms with E-state index in [0.717, 1.165) is 127 Å². The highest BCUT2D eigenvalue weighted by molar-refractivity contribution is 7.64. The zero-order valence-electron chi connectivity index (χ0n) is 82.5. The molecule has 0 aromatic heterocycles. The highest BCUT2D eigenvalue weighted by Gasteiger charge is 2.63. The first-order valence-corrected chi connectivity index (χ1v) is 51.8. The normalized spacial score (nSPS) is 25.9. The van der Waals surface area contributed by atoms with Gasteiger partial charge in [-0.3, -0.25) is 42.9 Å². The smallest absolute Gasteiger partial charge is 0.417 e. The number of aromatic hydroxyl groups is 3. The number of carboxylic acids is 1. The van der Waals surface area contributed by atoms with E-state index in [9.17, 15) is 60.7 Å². The molecule has 148 heavy (non-hydrogen) atoms. The minimum absolute atomic E-state index is 0.0710. The Morgan fingerprint density at radius 1 is 0.568 bits per heavy atom. The van der Waals surface area contributed by atoms with Crippen molar-refractivity contribution in [3.05, 3.63) is 164 Å². The minimum Gasteiger partial charge on any atom is -0.550 e. The second-order valence-corrected chi connectivity index (χ2v) is 42.3. The number of aliphatic hydroxyl groups excluding tert-OH is 7. The zero-order valence-corrected chi connectivity index (χ0v) is 84.9. The van der Waals surface area contributed by atoms with Crippen molar-refractivity contribution in [2.45, 2.75) is 227 Å². The molecule has 8 amide bonds. The third kappa shape index (κ3) is 24.9. The molecule has 18 atom stereocenters. The first-order chi connectivity index (χ1) is 70.8. The van der Waals surface area contributed by atoms with E-state index in [-0.39, 0.29) is 75.4 Å². The lowest BCUT2D eigenvalue weighted by atomic mass is 9.89. The number of phenolic OH excluding ortho intramolecular Hbond substituents is 3. The molecule has 11 aliphatic rings. The van der Waals surface area contributed by atoms with Gasteiger partial charge < -0.3 is 152 Å². The molecule has 43 nitrogen and oxygen atoms in total. The van der Waals surface area contributed by atoms with Gasteiger partial charge in [0.25, 0.3) is 0 Å². The molecule has 0 saturated carbocycles. The summed E-state index contributed by atoms with van der Waals surface area (Å²) in [6.07, 6.45) is -11.3. The summed E-state index contributed by atoms with van der Waals surface area (Å²) >= 11 is 15.5. The van der Waals surface area contributed by atoms with Gasteiger partial charge in [0.05, 0.1) is 23.8 Å². The van der Waals surface area contributed by atoms with E-state index < -0.39 is 251 Å². The van der Waals surface area contributed by atoms with Crippen molar-refractivity contribution >= 4 is 90.3 Å². The Balaban J connectivity index is 0.00000403. The van der Waals surface area contributed by atoms with E-state index in [1.165, 1.54) is 73.8 Å². The van der Waals surface area contributed by atoms with Crippen LogP contribution < -0.4 is 81.2 Å². The number of nitrogens with one attached hydrogen (secondary N) is 9. The number of carbonyl (C=O) groups is 10. The summed E-state index contributed by atoms with van der Waals surface area (Å²) in [5, 5.41) is 152. The summed E-state index contributed by atoms with van der Waals surface area (Å²) in [6, 6.07) is 7.78. The number of aliphatic hydroxyl groups is 7. The van der Waals surface area contributed by atoms with Gasteiger partial charge in [-0.05, 0) is 198 Å². The number of likely N-dealkylation sites (N-methyl/N-ethyl adjacent to an activating group) is 1. The topological polar surface area (TPSA) is 600 Å². The van der Waals surface area contributed by atoms with Crippen LogP contribution >= 0.6 is 31.1 Å². The summed E-state index contributed by atoms with van der Waals surface area (Å²) in [5.74, 6) is -16.1. The number of fused-ring (bicyclic) bond motifs is 14. The summed E-state index contributed by atoms with van der Waals surface area (Å²) in [7, 11) is 2.83. The van der Waals surface area contributed by atoms with E-state index >= 15 is 33.6 Å². The first-order valence-electron chi connectivity index (χ1n) is 49.5. The molecule has 0 radical (unpaired) electrons. The Morgan fingerprint density at radius 3 is 1.81 bits per heavy atom. The molecule has 7 aromatic carbocycles. The zero-order chi connectivity index (χ0) is 106. The second-order valence-electron chi connectivity index (χ2n) is 38.6. The fraction of sp³-hybridized carbons (Fsp3) is 0.490. The van der Waals surface area contributed by atoms with Crippen LogP contribution in [0, 0.1) is 5.92 Å². The van der Waals surface area contributed by atoms with Gasteiger partial charge in [0.15, 0.2) is 29.1 Å². The van der Waals surface area contributed by atoms with Gasteiger partial charge in [0.1, 0.15) is 126 Å². The Bertz CT molecular complexity index is 5970. The van der Waals surface area contributed by atoms with Gasteiger partial charge in [-0.1, -0.05) is 99.5 Å². The third-order valence-electron chi connectivity index (χ3n) is 27.2. The molecular formula is C102H126Cl2N13O30P. The molecule has 798 valence electrons. The highest BCUT2D eigenvalue weighted by Crippen LogP contribution is 2.71. The van der Waals surface area contributed by atoms with Crippen molar-refractivity contribution in [2.75, 3.05) is 87.2 Å². The molecular weight excluding hydrogens is 1990 g/mol. The molecule has 18 rings (SSSR count). The fourth-order valence-corrected chi connectivity index (χ4v) is 24.4. The lowest BCUT2D eigenvalue weighted by molar-refractivity contribution is -0.302. The Hall–Kier alpha value is -12.1. The molecule has 5 fully saturated rings. The van der Waals surface area contributed by atoms with Crippen molar-refractivity contribution in [1.29, 1.82) is 0 Å². The van der Waals surface area contributed by atoms with E-state index in [1.807, 2.05) is 4.90 Å². The number of hydrogen-bond donors (Lipinski definition) is 19. The van der Waals surface area contributed by atoms with Gasteiger partial charge in [-0.2, -0.15) is 0 Å². The molecule has 0 unspecified atom stereocenters. The number of carbonyl (C=O) groups excluding carboxylic acids is 10. The van der Waals surface area contributed by atoms with Gasteiger partial charge in [0, 0.05) is 93.4 Å². The lowest BCUT2D eigenvalue weighted by Crippen LogP contribution is -2.66. The number of hydrogen-bond acceptors (Lipinski definition) is 35. The summed E-state index contributed by atoms with van der Waals surface area (Å²) in [5.41, 5.74) is -2.16. The molecule has 11 aliphatic heterocycles. The Labute approximate surface area is 863 Å². The predicted molar refractivity (Wildman–Crippen MR) is 531 cm³/mol. The molecule has 5 saturated heterocycles.